The van der Waals surface area contributed by atoms with Gasteiger partial charge in [0.25, 0.3) is 0 Å². The molecule has 1 saturated heterocycles. The lowest BCUT2D eigenvalue weighted by Gasteiger charge is -2.34. The molecule has 2 heterocycles. The number of rotatable bonds is 8. The highest BCUT2D eigenvalue weighted by Crippen LogP contribution is 2.28. The highest BCUT2D eigenvalue weighted by Gasteiger charge is 2.23. The van der Waals surface area contributed by atoms with Crippen LogP contribution in [0.15, 0.2) is 42.5 Å². The maximum absolute atomic E-state index is 12.8. The molecule has 1 aliphatic rings. The van der Waals surface area contributed by atoms with Crippen molar-refractivity contribution in [2.24, 2.45) is 0 Å². The van der Waals surface area contributed by atoms with Gasteiger partial charge in [-0.3, -0.25) is 9.69 Å². The number of tetrazole rings is 1. The third-order valence-corrected chi connectivity index (χ3v) is 5.74. The molecule has 2 aromatic carbocycles. The zero-order valence-corrected chi connectivity index (χ0v) is 19.1. The lowest BCUT2D eigenvalue weighted by atomic mass is 10.1. The summed E-state index contributed by atoms with van der Waals surface area (Å²) in [5.74, 6) is 2.92. The Labute approximate surface area is 192 Å². The van der Waals surface area contributed by atoms with E-state index in [0.29, 0.717) is 37.6 Å². The normalized spacial score (nSPS) is 14.2. The number of piperazine rings is 1. The summed E-state index contributed by atoms with van der Waals surface area (Å²) >= 11 is 0. The molecule has 0 unspecified atom stereocenters. The molecule has 0 atom stereocenters. The number of nitrogens with zero attached hydrogens (tertiary/aromatic N) is 6. The van der Waals surface area contributed by atoms with E-state index in [1.165, 1.54) is 0 Å². The fourth-order valence-corrected chi connectivity index (χ4v) is 3.86. The van der Waals surface area contributed by atoms with Crippen molar-refractivity contribution in [3.63, 3.8) is 0 Å². The summed E-state index contributed by atoms with van der Waals surface area (Å²) in [6.45, 7) is 3.45. The minimum atomic E-state index is 0.102. The highest BCUT2D eigenvalue weighted by atomic mass is 16.5. The Morgan fingerprint density at radius 3 is 2.30 bits per heavy atom. The molecular formula is C23H28N6O4. The number of ether oxygens (including phenoxy) is 3. The molecule has 0 aliphatic carbocycles. The van der Waals surface area contributed by atoms with Crippen LogP contribution in [0.4, 0.5) is 0 Å². The number of amides is 1. The summed E-state index contributed by atoms with van der Waals surface area (Å²) in [7, 11) is 4.82. The molecule has 33 heavy (non-hydrogen) atoms. The van der Waals surface area contributed by atoms with Gasteiger partial charge in [0.05, 0.1) is 40.0 Å². The Kier molecular flexibility index (Phi) is 7.04. The van der Waals surface area contributed by atoms with Crippen LogP contribution >= 0.6 is 0 Å². The topological polar surface area (TPSA) is 94.8 Å². The summed E-state index contributed by atoms with van der Waals surface area (Å²) in [5, 5.41) is 12.2. The molecule has 174 valence electrons. The molecule has 10 nitrogen and oxygen atoms in total. The number of hydrogen-bond donors (Lipinski definition) is 0. The van der Waals surface area contributed by atoms with E-state index < -0.39 is 0 Å². The van der Waals surface area contributed by atoms with Crippen LogP contribution in [-0.2, 0) is 17.8 Å². The molecule has 0 saturated carbocycles. The van der Waals surface area contributed by atoms with E-state index in [0.717, 1.165) is 35.9 Å². The van der Waals surface area contributed by atoms with Crippen LogP contribution in [0.1, 0.15) is 11.4 Å². The van der Waals surface area contributed by atoms with E-state index in [2.05, 4.69) is 20.4 Å². The van der Waals surface area contributed by atoms with Crippen LogP contribution in [0.3, 0.4) is 0 Å². The van der Waals surface area contributed by atoms with Crippen LogP contribution in [-0.4, -0.2) is 83.4 Å². The summed E-state index contributed by atoms with van der Waals surface area (Å²) in [6.07, 6.45) is 0.329. The van der Waals surface area contributed by atoms with E-state index in [1.807, 2.05) is 47.4 Å². The van der Waals surface area contributed by atoms with Crippen molar-refractivity contribution in [3.05, 3.63) is 53.9 Å². The number of carbonyl (C=O) groups is 1. The number of hydrogen-bond acceptors (Lipinski definition) is 8. The molecule has 0 spiro atoms. The number of benzene rings is 2. The summed E-state index contributed by atoms with van der Waals surface area (Å²) in [5.41, 5.74) is 1.78. The summed E-state index contributed by atoms with van der Waals surface area (Å²) < 4.78 is 17.6. The smallest absolute Gasteiger partial charge is 0.227 e. The summed E-state index contributed by atoms with van der Waals surface area (Å²) in [4.78, 5) is 17.0. The van der Waals surface area contributed by atoms with Crippen LogP contribution < -0.4 is 14.2 Å². The van der Waals surface area contributed by atoms with Crippen molar-refractivity contribution < 1.29 is 19.0 Å². The second-order valence-corrected chi connectivity index (χ2v) is 7.73. The minimum Gasteiger partial charge on any atom is -0.497 e. The van der Waals surface area contributed by atoms with Gasteiger partial charge in [0.15, 0.2) is 17.3 Å². The molecular weight excluding hydrogens is 424 g/mol. The second kappa shape index (κ2) is 10.3. The van der Waals surface area contributed by atoms with E-state index in [1.54, 1.807) is 26.0 Å². The van der Waals surface area contributed by atoms with Gasteiger partial charge >= 0.3 is 0 Å². The Morgan fingerprint density at radius 2 is 1.64 bits per heavy atom. The molecule has 4 rings (SSSR count). The Morgan fingerprint density at radius 1 is 0.909 bits per heavy atom. The number of carbonyl (C=O) groups excluding carboxylic acids is 1. The zero-order valence-electron chi connectivity index (χ0n) is 19.1. The molecule has 3 aromatic rings. The van der Waals surface area contributed by atoms with Gasteiger partial charge in [-0.2, -0.15) is 4.68 Å². The van der Waals surface area contributed by atoms with Crippen molar-refractivity contribution in [2.75, 3.05) is 47.5 Å². The van der Waals surface area contributed by atoms with Gasteiger partial charge < -0.3 is 19.1 Å². The van der Waals surface area contributed by atoms with Gasteiger partial charge in [-0.25, -0.2) is 0 Å². The fourth-order valence-electron chi connectivity index (χ4n) is 3.86. The quantitative estimate of drug-likeness (QED) is 0.508. The van der Waals surface area contributed by atoms with Crippen molar-refractivity contribution in [2.45, 2.75) is 13.0 Å². The van der Waals surface area contributed by atoms with Crippen LogP contribution in [0.5, 0.6) is 17.2 Å². The largest absolute Gasteiger partial charge is 0.497 e. The SMILES string of the molecule is COc1ccc(-n2nnnc2CN2CCN(C(=O)Cc3ccc(OC)c(OC)c3)CC2)cc1. The van der Waals surface area contributed by atoms with Crippen LogP contribution in [0.25, 0.3) is 5.69 Å². The monoisotopic (exact) mass is 452 g/mol. The van der Waals surface area contributed by atoms with Gasteiger partial charge in [0.1, 0.15) is 5.75 Å². The minimum absolute atomic E-state index is 0.102. The number of aromatic nitrogens is 4. The van der Waals surface area contributed by atoms with E-state index >= 15 is 0 Å². The molecule has 10 heteroatoms. The maximum Gasteiger partial charge on any atom is 0.227 e. The zero-order chi connectivity index (χ0) is 23.2. The first-order valence-corrected chi connectivity index (χ1v) is 10.7. The molecule has 1 aromatic heterocycles. The number of methoxy groups -OCH3 is 3. The van der Waals surface area contributed by atoms with Crippen molar-refractivity contribution in [3.8, 4) is 22.9 Å². The third-order valence-electron chi connectivity index (χ3n) is 5.74. The predicted octanol–water partition coefficient (Wildman–Crippen LogP) is 1.57. The Balaban J connectivity index is 1.32. The lowest BCUT2D eigenvalue weighted by molar-refractivity contribution is -0.132. The first-order valence-electron chi connectivity index (χ1n) is 10.7. The van der Waals surface area contributed by atoms with Crippen molar-refractivity contribution in [1.29, 1.82) is 0 Å². The molecule has 1 fully saturated rings. The average molecular weight is 453 g/mol. The van der Waals surface area contributed by atoms with Crippen molar-refractivity contribution >= 4 is 5.91 Å². The molecule has 0 bridgehead atoms. The second-order valence-electron chi connectivity index (χ2n) is 7.73. The maximum atomic E-state index is 12.8. The van der Waals surface area contributed by atoms with Gasteiger partial charge in [-0.1, -0.05) is 6.07 Å². The van der Waals surface area contributed by atoms with Gasteiger partial charge in [0.2, 0.25) is 5.91 Å². The first-order chi connectivity index (χ1) is 16.1. The third kappa shape index (κ3) is 5.23. The van der Waals surface area contributed by atoms with E-state index in [4.69, 9.17) is 14.2 Å². The summed E-state index contributed by atoms with van der Waals surface area (Å²) in [6, 6.07) is 13.2. The standard InChI is InChI=1S/C23H28N6O4/c1-31-19-7-5-18(6-8-19)29-22(24-25-26-29)16-27-10-12-28(13-11-27)23(30)15-17-4-9-20(32-2)21(14-17)33-3/h4-9,14H,10-13,15-16H2,1-3H3. The molecule has 1 amide bonds. The van der Waals surface area contributed by atoms with Crippen molar-refractivity contribution in [1.82, 2.24) is 30.0 Å². The Hall–Kier alpha value is -3.66. The van der Waals surface area contributed by atoms with E-state index in [-0.39, 0.29) is 5.91 Å². The fraction of sp³-hybridized carbons (Fsp3) is 0.391. The molecule has 1 aliphatic heterocycles. The molecule has 0 radical (unpaired) electrons. The highest BCUT2D eigenvalue weighted by molar-refractivity contribution is 5.79. The Bertz CT molecular complexity index is 1080. The predicted molar refractivity (Wildman–Crippen MR) is 121 cm³/mol. The average Bonchev–Trinajstić information content (AvgIpc) is 3.32. The van der Waals surface area contributed by atoms with Gasteiger partial charge in [-0.05, 0) is 52.4 Å². The first kappa shape index (κ1) is 22.5. The van der Waals surface area contributed by atoms with E-state index in [9.17, 15) is 4.79 Å². The molecule has 0 N–H and O–H groups in total. The van der Waals surface area contributed by atoms with Crippen LogP contribution in [0.2, 0.25) is 0 Å². The van der Waals surface area contributed by atoms with Gasteiger partial charge in [0, 0.05) is 26.2 Å². The van der Waals surface area contributed by atoms with Gasteiger partial charge in [-0.15, -0.1) is 5.10 Å². The van der Waals surface area contributed by atoms with Crippen LogP contribution in [0, 0.1) is 0 Å². The lowest BCUT2D eigenvalue weighted by Crippen LogP contribution is -2.48.